The van der Waals surface area contributed by atoms with Crippen LogP contribution >= 0.6 is 0 Å². The van der Waals surface area contributed by atoms with E-state index in [0.29, 0.717) is 0 Å². The molecule has 3 saturated carbocycles. The van der Waals surface area contributed by atoms with Crippen molar-refractivity contribution in [3.63, 3.8) is 0 Å². The van der Waals surface area contributed by atoms with Crippen molar-refractivity contribution in [1.29, 1.82) is 0 Å². The molecule has 25 heavy (non-hydrogen) atoms. The molecule has 0 aliphatic heterocycles. The molecule has 2 heteroatoms. The third-order valence-electron chi connectivity index (χ3n) is 8.04. The van der Waals surface area contributed by atoms with Gasteiger partial charge >= 0.3 is 5.97 Å². The van der Waals surface area contributed by atoms with Gasteiger partial charge in [-0.3, -0.25) is 4.79 Å². The molecule has 0 bridgehead atoms. The van der Waals surface area contributed by atoms with E-state index in [0.717, 1.165) is 42.4 Å². The van der Waals surface area contributed by atoms with E-state index in [-0.39, 0.29) is 11.9 Å². The van der Waals surface area contributed by atoms with E-state index < -0.39 is 0 Å². The fourth-order valence-corrected chi connectivity index (χ4v) is 6.44. The molecular formula is C23H40O2. The zero-order chi connectivity index (χ0) is 17.6. The van der Waals surface area contributed by atoms with Crippen molar-refractivity contribution in [3.8, 4) is 0 Å². The number of ether oxygens (including phenoxy) is 1. The van der Waals surface area contributed by atoms with E-state index >= 15 is 0 Å². The molecule has 0 aromatic rings. The van der Waals surface area contributed by atoms with Gasteiger partial charge in [0.1, 0.15) is 0 Å². The smallest absolute Gasteiger partial charge is 0.308 e. The number of esters is 1. The Balaban J connectivity index is 1.37. The van der Waals surface area contributed by atoms with E-state index in [4.69, 9.17) is 4.74 Å². The molecule has 3 fully saturated rings. The maximum atomic E-state index is 11.7. The quantitative estimate of drug-likeness (QED) is 0.539. The number of hydrogen-bond acceptors (Lipinski definition) is 2. The molecule has 2 nitrogen and oxygen atoms in total. The minimum Gasteiger partial charge on any atom is -0.469 e. The summed E-state index contributed by atoms with van der Waals surface area (Å²) < 4.78 is 4.94. The van der Waals surface area contributed by atoms with Crippen LogP contribution in [0.2, 0.25) is 0 Å². The van der Waals surface area contributed by atoms with Crippen LogP contribution in [0.4, 0.5) is 0 Å². The molecular weight excluding hydrogens is 308 g/mol. The zero-order valence-corrected chi connectivity index (χ0v) is 16.7. The highest BCUT2D eigenvalue weighted by atomic mass is 16.5. The number of carbonyl (C=O) groups is 1. The average molecular weight is 349 g/mol. The van der Waals surface area contributed by atoms with Crippen LogP contribution in [0, 0.1) is 35.5 Å². The number of hydrogen-bond donors (Lipinski definition) is 0. The maximum absolute atomic E-state index is 11.7. The molecule has 144 valence electrons. The van der Waals surface area contributed by atoms with Crippen LogP contribution in [0.3, 0.4) is 0 Å². The fraction of sp³-hybridized carbons (Fsp3) is 0.957. The molecule has 0 amide bonds. The fourth-order valence-electron chi connectivity index (χ4n) is 6.44. The molecule has 0 saturated heterocycles. The molecule has 0 heterocycles. The van der Waals surface area contributed by atoms with Gasteiger partial charge in [0.2, 0.25) is 0 Å². The number of methoxy groups -OCH3 is 1. The standard InChI is InChI=1S/C23H40O2/c1-3-4-17-5-7-18(8-6-17)19-9-11-20(12-10-19)21-13-15-22(16-14-21)23(24)25-2/h17-22H,3-16H2,1-2H3/t17-,18-,19-,20-,21-,22+. The first-order valence-corrected chi connectivity index (χ1v) is 11.3. The van der Waals surface area contributed by atoms with Crippen LogP contribution < -0.4 is 0 Å². The van der Waals surface area contributed by atoms with Crippen molar-refractivity contribution in [2.24, 2.45) is 35.5 Å². The Morgan fingerprint density at radius 2 is 1.12 bits per heavy atom. The Morgan fingerprint density at radius 1 is 0.720 bits per heavy atom. The van der Waals surface area contributed by atoms with Gasteiger partial charge in [-0.25, -0.2) is 0 Å². The summed E-state index contributed by atoms with van der Waals surface area (Å²) in [7, 11) is 1.53. The number of carbonyl (C=O) groups excluding carboxylic acids is 1. The highest BCUT2D eigenvalue weighted by Gasteiger charge is 2.35. The summed E-state index contributed by atoms with van der Waals surface area (Å²) in [6, 6.07) is 0. The minimum absolute atomic E-state index is 0.0285. The van der Waals surface area contributed by atoms with Gasteiger partial charge in [0.05, 0.1) is 13.0 Å². The van der Waals surface area contributed by atoms with Gasteiger partial charge in [-0.1, -0.05) is 32.6 Å². The molecule has 0 radical (unpaired) electrons. The number of rotatable bonds is 5. The Morgan fingerprint density at radius 3 is 1.52 bits per heavy atom. The third kappa shape index (κ3) is 5.01. The van der Waals surface area contributed by atoms with Crippen molar-refractivity contribution in [2.75, 3.05) is 7.11 Å². The van der Waals surface area contributed by atoms with Gasteiger partial charge in [0.25, 0.3) is 0 Å². The molecule has 0 aromatic heterocycles. The summed E-state index contributed by atoms with van der Waals surface area (Å²) in [5.74, 6) is 5.18. The van der Waals surface area contributed by atoms with Crippen molar-refractivity contribution >= 4 is 5.97 Å². The van der Waals surface area contributed by atoms with E-state index in [9.17, 15) is 4.79 Å². The SMILES string of the molecule is CCC[C@H]1CC[C@H]([C@H]2CC[C@H]([C@H]3CC[C@@H](C(=O)OC)CC3)CC2)CC1. The molecule has 3 rings (SSSR count). The minimum atomic E-state index is 0.0285. The summed E-state index contributed by atoms with van der Waals surface area (Å²) in [5, 5.41) is 0. The Labute approximate surface area is 155 Å². The summed E-state index contributed by atoms with van der Waals surface area (Å²) in [4.78, 5) is 11.7. The lowest BCUT2D eigenvalue weighted by atomic mass is 9.65. The highest BCUT2D eigenvalue weighted by Crippen LogP contribution is 2.46. The Bertz CT molecular complexity index is 394. The molecule has 3 aliphatic carbocycles. The van der Waals surface area contributed by atoms with Crippen LogP contribution in [-0.4, -0.2) is 13.1 Å². The van der Waals surface area contributed by atoms with Gasteiger partial charge in [0.15, 0.2) is 0 Å². The molecule has 0 aromatic carbocycles. The second-order valence-corrected chi connectivity index (χ2v) is 9.38. The van der Waals surface area contributed by atoms with Crippen molar-refractivity contribution in [1.82, 2.24) is 0 Å². The van der Waals surface area contributed by atoms with Crippen LogP contribution in [0.15, 0.2) is 0 Å². The van der Waals surface area contributed by atoms with Gasteiger partial charge in [-0.15, -0.1) is 0 Å². The van der Waals surface area contributed by atoms with Crippen LogP contribution in [0.5, 0.6) is 0 Å². The topological polar surface area (TPSA) is 26.3 Å². The first-order chi connectivity index (χ1) is 12.2. The Kier molecular flexibility index (Phi) is 7.25. The lowest BCUT2D eigenvalue weighted by Gasteiger charge is -2.41. The van der Waals surface area contributed by atoms with Crippen molar-refractivity contribution < 1.29 is 9.53 Å². The molecule has 0 unspecified atom stereocenters. The first-order valence-electron chi connectivity index (χ1n) is 11.3. The second kappa shape index (κ2) is 9.42. The van der Waals surface area contributed by atoms with Gasteiger partial charge < -0.3 is 4.74 Å². The van der Waals surface area contributed by atoms with E-state index in [1.807, 2.05) is 0 Å². The van der Waals surface area contributed by atoms with Gasteiger partial charge in [0, 0.05) is 0 Å². The van der Waals surface area contributed by atoms with E-state index in [1.165, 1.54) is 84.2 Å². The van der Waals surface area contributed by atoms with Gasteiger partial charge in [-0.05, 0) is 93.8 Å². The van der Waals surface area contributed by atoms with Gasteiger partial charge in [-0.2, -0.15) is 0 Å². The largest absolute Gasteiger partial charge is 0.469 e. The van der Waals surface area contributed by atoms with Crippen LogP contribution in [0.1, 0.15) is 96.8 Å². The predicted molar refractivity (Wildman–Crippen MR) is 103 cm³/mol. The normalized spacial score (nSPS) is 39.8. The summed E-state index contributed by atoms with van der Waals surface area (Å²) in [6.45, 7) is 2.34. The molecule has 0 atom stereocenters. The lowest BCUT2D eigenvalue weighted by Crippen LogP contribution is -2.31. The van der Waals surface area contributed by atoms with Crippen molar-refractivity contribution in [2.45, 2.75) is 96.8 Å². The van der Waals surface area contributed by atoms with Crippen LogP contribution in [-0.2, 0) is 9.53 Å². The van der Waals surface area contributed by atoms with Crippen LogP contribution in [0.25, 0.3) is 0 Å². The zero-order valence-electron chi connectivity index (χ0n) is 16.7. The second-order valence-electron chi connectivity index (χ2n) is 9.38. The summed E-state index contributed by atoms with van der Waals surface area (Å²) >= 11 is 0. The highest BCUT2D eigenvalue weighted by molar-refractivity contribution is 5.72. The lowest BCUT2D eigenvalue weighted by molar-refractivity contribution is -0.147. The molecule has 3 aliphatic rings. The van der Waals surface area contributed by atoms with E-state index in [1.54, 1.807) is 0 Å². The molecule has 0 N–H and O–H groups in total. The summed E-state index contributed by atoms with van der Waals surface area (Å²) in [5.41, 5.74) is 0. The summed E-state index contributed by atoms with van der Waals surface area (Å²) in [6.07, 6.45) is 19.5. The monoisotopic (exact) mass is 348 g/mol. The average Bonchev–Trinajstić information content (AvgIpc) is 2.68. The van der Waals surface area contributed by atoms with E-state index in [2.05, 4.69) is 6.92 Å². The maximum Gasteiger partial charge on any atom is 0.308 e. The third-order valence-corrected chi connectivity index (χ3v) is 8.04. The molecule has 0 spiro atoms. The first kappa shape index (κ1) is 19.2. The van der Waals surface area contributed by atoms with Crippen molar-refractivity contribution in [3.05, 3.63) is 0 Å². The predicted octanol–water partition coefficient (Wildman–Crippen LogP) is 6.38. The Hall–Kier alpha value is -0.530.